The van der Waals surface area contributed by atoms with Gasteiger partial charge in [-0.3, -0.25) is 9.59 Å². The zero-order valence-electron chi connectivity index (χ0n) is 12.4. The number of benzene rings is 3. The van der Waals surface area contributed by atoms with Crippen LogP contribution in [0.1, 0.15) is 20.7 Å². The highest BCUT2D eigenvalue weighted by atomic mass is 31.1. The molecule has 0 fully saturated rings. The van der Waals surface area contributed by atoms with E-state index in [-0.39, 0.29) is 11.0 Å². The SMILES string of the molecule is O=C(c1ccccc1)P(C(=O)c1ccccc1)c1ccccc1. The lowest BCUT2D eigenvalue weighted by Crippen LogP contribution is -2.16. The fraction of sp³-hybridized carbons (Fsp3) is 0. The first-order chi connectivity index (χ1) is 11.3. The minimum absolute atomic E-state index is 0.111. The summed E-state index contributed by atoms with van der Waals surface area (Å²) in [7, 11) is -1.61. The molecule has 0 bridgehead atoms. The second-order valence-corrected chi connectivity index (χ2v) is 7.01. The molecule has 0 aromatic heterocycles. The number of hydrogen-bond acceptors (Lipinski definition) is 2. The van der Waals surface area contributed by atoms with Gasteiger partial charge >= 0.3 is 0 Å². The number of rotatable bonds is 5. The van der Waals surface area contributed by atoms with E-state index in [2.05, 4.69) is 0 Å². The van der Waals surface area contributed by atoms with E-state index < -0.39 is 7.92 Å². The molecular formula is C20H15O2P. The molecule has 0 spiro atoms. The number of hydrogen-bond donors (Lipinski definition) is 0. The maximum Gasteiger partial charge on any atom is 0.196 e. The van der Waals surface area contributed by atoms with Gasteiger partial charge in [0.25, 0.3) is 0 Å². The van der Waals surface area contributed by atoms with Gasteiger partial charge < -0.3 is 0 Å². The van der Waals surface area contributed by atoms with Gasteiger partial charge in [-0.05, 0) is 5.30 Å². The van der Waals surface area contributed by atoms with Gasteiger partial charge in [0, 0.05) is 11.1 Å². The summed E-state index contributed by atoms with van der Waals surface area (Å²) in [4.78, 5) is 25.9. The van der Waals surface area contributed by atoms with Gasteiger partial charge in [0.1, 0.15) is 0 Å². The lowest BCUT2D eigenvalue weighted by Gasteiger charge is -2.15. The first-order valence-electron chi connectivity index (χ1n) is 7.31. The normalized spacial score (nSPS) is 10.5. The molecule has 0 aliphatic heterocycles. The van der Waals surface area contributed by atoms with Crippen molar-refractivity contribution in [1.29, 1.82) is 0 Å². The van der Waals surface area contributed by atoms with Crippen molar-refractivity contribution in [2.24, 2.45) is 0 Å². The maximum atomic E-state index is 13.0. The summed E-state index contributed by atoms with van der Waals surface area (Å²) >= 11 is 0. The van der Waals surface area contributed by atoms with Gasteiger partial charge in [-0.1, -0.05) is 91.0 Å². The van der Waals surface area contributed by atoms with E-state index in [0.29, 0.717) is 11.1 Å². The van der Waals surface area contributed by atoms with E-state index in [4.69, 9.17) is 0 Å². The van der Waals surface area contributed by atoms with Gasteiger partial charge in [-0.2, -0.15) is 0 Å². The molecule has 0 unspecified atom stereocenters. The molecule has 0 aliphatic rings. The first-order valence-corrected chi connectivity index (χ1v) is 8.65. The molecule has 3 aromatic carbocycles. The van der Waals surface area contributed by atoms with Crippen LogP contribution in [-0.4, -0.2) is 11.0 Å². The molecule has 112 valence electrons. The summed E-state index contributed by atoms with van der Waals surface area (Å²) < 4.78 is 0. The van der Waals surface area contributed by atoms with E-state index in [9.17, 15) is 9.59 Å². The molecule has 0 amide bonds. The van der Waals surface area contributed by atoms with Gasteiger partial charge in [-0.15, -0.1) is 0 Å². The van der Waals surface area contributed by atoms with Crippen molar-refractivity contribution in [3.8, 4) is 0 Å². The summed E-state index contributed by atoms with van der Waals surface area (Å²) in [6.45, 7) is 0. The lowest BCUT2D eigenvalue weighted by atomic mass is 10.2. The third-order valence-electron chi connectivity index (χ3n) is 3.46. The molecule has 3 heteroatoms. The topological polar surface area (TPSA) is 34.1 Å². The Bertz CT molecular complexity index is 747. The molecule has 3 aromatic rings. The van der Waals surface area contributed by atoms with Crippen LogP contribution < -0.4 is 5.30 Å². The largest absolute Gasteiger partial charge is 0.288 e. The zero-order chi connectivity index (χ0) is 16.1. The van der Waals surface area contributed by atoms with Crippen LogP contribution in [0.25, 0.3) is 0 Å². The van der Waals surface area contributed by atoms with Crippen LogP contribution in [-0.2, 0) is 0 Å². The van der Waals surface area contributed by atoms with Crippen molar-refractivity contribution in [2.75, 3.05) is 0 Å². The Balaban J connectivity index is 2.05. The van der Waals surface area contributed by atoms with Crippen LogP contribution in [0.15, 0.2) is 91.0 Å². The minimum Gasteiger partial charge on any atom is -0.288 e. The lowest BCUT2D eigenvalue weighted by molar-refractivity contribution is 0.105. The van der Waals surface area contributed by atoms with Gasteiger partial charge in [-0.25, -0.2) is 0 Å². The molecule has 0 aliphatic carbocycles. The van der Waals surface area contributed by atoms with E-state index in [0.717, 1.165) is 5.30 Å². The smallest absolute Gasteiger partial charge is 0.196 e. The third-order valence-corrected chi connectivity index (χ3v) is 5.61. The van der Waals surface area contributed by atoms with E-state index in [1.54, 1.807) is 24.3 Å². The van der Waals surface area contributed by atoms with Crippen molar-refractivity contribution in [2.45, 2.75) is 0 Å². The number of carbonyl (C=O) groups excluding carboxylic acids is 2. The Kier molecular flexibility index (Phi) is 4.75. The summed E-state index contributed by atoms with van der Waals surface area (Å²) in [5.41, 5.74) is 0.930. The van der Waals surface area contributed by atoms with Crippen LogP contribution >= 0.6 is 7.92 Å². The Morgan fingerprint density at radius 1 is 0.522 bits per heavy atom. The Morgan fingerprint density at radius 2 is 0.870 bits per heavy atom. The van der Waals surface area contributed by atoms with Crippen LogP contribution in [0.3, 0.4) is 0 Å². The van der Waals surface area contributed by atoms with Gasteiger partial charge in [0.15, 0.2) is 11.0 Å². The van der Waals surface area contributed by atoms with Crippen molar-refractivity contribution in [3.63, 3.8) is 0 Å². The molecule has 0 saturated carbocycles. The highest BCUT2D eigenvalue weighted by Gasteiger charge is 2.29. The molecule has 0 N–H and O–H groups in total. The molecule has 0 atom stereocenters. The van der Waals surface area contributed by atoms with Crippen LogP contribution in [0.5, 0.6) is 0 Å². The molecule has 0 saturated heterocycles. The highest BCUT2D eigenvalue weighted by Crippen LogP contribution is 2.42. The van der Waals surface area contributed by atoms with E-state index >= 15 is 0 Å². The fourth-order valence-corrected chi connectivity index (χ4v) is 4.26. The van der Waals surface area contributed by atoms with Crippen molar-refractivity contribution in [1.82, 2.24) is 0 Å². The molecule has 23 heavy (non-hydrogen) atoms. The van der Waals surface area contributed by atoms with Crippen molar-refractivity contribution in [3.05, 3.63) is 102 Å². The fourth-order valence-electron chi connectivity index (χ4n) is 2.32. The van der Waals surface area contributed by atoms with E-state index in [1.807, 2.05) is 66.7 Å². The maximum absolute atomic E-state index is 13.0. The van der Waals surface area contributed by atoms with Crippen LogP contribution in [0.2, 0.25) is 0 Å². The summed E-state index contributed by atoms with van der Waals surface area (Å²) in [6.07, 6.45) is 0. The Labute approximate surface area is 136 Å². The Hall–Kier alpha value is -2.57. The number of carbonyl (C=O) groups is 2. The van der Waals surface area contributed by atoms with Crippen molar-refractivity contribution < 1.29 is 9.59 Å². The highest BCUT2D eigenvalue weighted by molar-refractivity contribution is 7.96. The quantitative estimate of drug-likeness (QED) is 0.650. The van der Waals surface area contributed by atoms with Gasteiger partial charge in [0.2, 0.25) is 0 Å². The van der Waals surface area contributed by atoms with Gasteiger partial charge in [0.05, 0.1) is 7.92 Å². The Morgan fingerprint density at radius 3 is 1.26 bits per heavy atom. The van der Waals surface area contributed by atoms with Crippen LogP contribution in [0.4, 0.5) is 0 Å². The molecule has 2 nitrogen and oxygen atoms in total. The summed E-state index contributed by atoms with van der Waals surface area (Å²) in [5, 5.41) is 0.783. The molecule has 0 radical (unpaired) electrons. The first kappa shape index (κ1) is 15.3. The molecular weight excluding hydrogens is 303 g/mol. The standard InChI is InChI=1S/C20H15O2P/c21-19(16-10-4-1-5-11-16)23(18-14-8-3-9-15-18)20(22)17-12-6-2-7-13-17/h1-15H. The van der Waals surface area contributed by atoms with E-state index in [1.165, 1.54) is 0 Å². The second kappa shape index (κ2) is 7.13. The monoisotopic (exact) mass is 318 g/mol. The molecule has 0 heterocycles. The summed E-state index contributed by atoms with van der Waals surface area (Å²) in [5.74, 6) is 0. The minimum atomic E-state index is -1.61. The third kappa shape index (κ3) is 3.44. The predicted octanol–water partition coefficient (Wildman–Crippen LogP) is 4.47. The zero-order valence-corrected chi connectivity index (χ0v) is 13.3. The second-order valence-electron chi connectivity index (χ2n) is 5.01. The average Bonchev–Trinajstić information content (AvgIpc) is 2.64. The van der Waals surface area contributed by atoms with Crippen molar-refractivity contribution >= 4 is 24.3 Å². The van der Waals surface area contributed by atoms with Crippen LogP contribution in [0, 0.1) is 0 Å². The predicted molar refractivity (Wildman–Crippen MR) is 94.5 cm³/mol. The summed E-state index contributed by atoms with van der Waals surface area (Å²) in [6, 6.07) is 27.4. The molecule has 3 rings (SSSR count). The average molecular weight is 318 g/mol.